The first-order chi connectivity index (χ1) is 17.2. The van der Waals surface area contributed by atoms with Gasteiger partial charge >= 0.3 is 0 Å². The Morgan fingerprint density at radius 1 is 1.00 bits per heavy atom. The van der Waals surface area contributed by atoms with Crippen molar-refractivity contribution in [3.8, 4) is 0 Å². The lowest BCUT2D eigenvalue weighted by atomic mass is 10.1. The molecule has 0 radical (unpaired) electrons. The molecule has 4 rings (SSSR count). The number of hydrogen-bond acceptors (Lipinski definition) is 7. The van der Waals surface area contributed by atoms with Crippen molar-refractivity contribution in [1.82, 2.24) is 9.97 Å². The molecular weight excluding hydrogens is 476 g/mol. The smallest absolute Gasteiger partial charge is 0.276 e. The third kappa shape index (κ3) is 5.98. The van der Waals surface area contributed by atoms with Crippen LogP contribution in [-0.4, -0.2) is 30.0 Å². The number of hydrogen-bond donors (Lipinski definition) is 1. The molecule has 1 amide bonds. The second kappa shape index (κ2) is 10.7. The van der Waals surface area contributed by atoms with Crippen LogP contribution >= 0.6 is 0 Å². The Bertz CT molecular complexity index is 1450. The van der Waals surface area contributed by atoms with Gasteiger partial charge in [0.2, 0.25) is 15.0 Å². The van der Waals surface area contributed by atoms with Gasteiger partial charge in [0.05, 0.1) is 30.4 Å². The minimum Gasteiger partial charge on any atom is -0.467 e. The molecule has 0 spiro atoms. The zero-order valence-corrected chi connectivity index (χ0v) is 21.2. The summed E-state index contributed by atoms with van der Waals surface area (Å²) in [6, 6.07) is 19.0. The summed E-state index contributed by atoms with van der Waals surface area (Å²) in [5.41, 5.74) is 4.06. The summed E-state index contributed by atoms with van der Waals surface area (Å²) >= 11 is 0. The maximum absolute atomic E-state index is 13.5. The molecule has 2 aromatic carbocycles. The number of anilines is 2. The van der Waals surface area contributed by atoms with E-state index in [-0.39, 0.29) is 16.6 Å². The molecule has 0 aliphatic heterocycles. The van der Waals surface area contributed by atoms with Crippen LogP contribution in [0.4, 0.5) is 11.4 Å². The molecule has 2 aromatic heterocycles. The number of rotatable bonds is 9. The number of carbonyl (C=O) groups excluding carboxylic acids is 1. The van der Waals surface area contributed by atoms with Gasteiger partial charge in [-0.1, -0.05) is 48.9 Å². The van der Waals surface area contributed by atoms with Gasteiger partial charge in [0.15, 0.2) is 5.69 Å². The SMILES string of the molecule is CCS(=O)(=O)c1ncc(N(Cc2ccc(C)cc2)Cc2ccco2)c(C(=O)Nc2cccc(C)c2)n1. The van der Waals surface area contributed by atoms with Crippen LogP contribution in [0.25, 0.3) is 0 Å². The maximum atomic E-state index is 13.5. The highest BCUT2D eigenvalue weighted by Crippen LogP contribution is 2.26. The number of amides is 1. The number of sulfone groups is 1. The molecule has 8 nitrogen and oxygen atoms in total. The summed E-state index contributed by atoms with van der Waals surface area (Å²) in [4.78, 5) is 23.8. The van der Waals surface area contributed by atoms with Gasteiger partial charge in [-0.3, -0.25) is 4.79 Å². The minimum atomic E-state index is -3.73. The van der Waals surface area contributed by atoms with Crippen molar-refractivity contribution in [2.75, 3.05) is 16.0 Å². The van der Waals surface area contributed by atoms with Gasteiger partial charge in [0.1, 0.15) is 5.76 Å². The van der Waals surface area contributed by atoms with Gasteiger partial charge < -0.3 is 14.6 Å². The molecule has 186 valence electrons. The zero-order valence-electron chi connectivity index (χ0n) is 20.4. The summed E-state index contributed by atoms with van der Waals surface area (Å²) in [6.07, 6.45) is 2.98. The molecule has 0 saturated heterocycles. The quantitative estimate of drug-likeness (QED) is 0.322. The predicted octanol–water partition coefficient (Wildman–Crippen LogP) is 4.94. The third-order valence-electron chi connectivity index (χ3n) is 5.66. The highest BCUT2D eigenvalue weighted by atomic mass is 32.2. The number of nitrogens with zero attached hydrogens (tertiary/aromatic N) is 3. The van der Waals surface area contributed by atoms with Crippen LogP contribution in [0.3, 0.4) is 0 Å². The average Bonchev–Trinajstić information content (AvgIpc) is 3.38. The minimum absolute atomic E-state index is 0.0304. The molecule has 0 fully saturated rings. The Balaban J connectivity index is 1.79. The number of aryl methyl sites for hydroxylation is 2. The molecule has 0 unspecified atom stereocenters. The Kier molecular flexibility index (Phi) is 7.49. The molecule has 0 saturated carbocycles. The van der Waals surface area contributed by atoms with E-state index in [0.29, 0.717) is 30.2 Å². The van der Waals surface area contributed by atoms with Crippen LogP contribution in [0.5, 0.6) is 0 Å². The second-order valence-corrected chi connectivity index (χ2v) is 10.7. The van der Waals surface area contributed by atoms with Crippen molar-refractivity contribution < 1.29 is 17.6 Å². The largest absolute Gasteiger partial charge is 0.467 e. The van der Waals surface area contributed by atoms with Gasteiger partial charge in [0.25, 0.3) is 5.91 Å². The summed E-state index contributed by atoms with van der Waals surface area (Å²) in [5, 5.41) is 2.47. The standard InChI is InChI=1S/C27H28N4O4S/c1-4-36(33,34)27-28-16-24(25(30-27)26(32)29-22-8-5-7-20(3)15-22)31(18-23-9-6-14-35-23)17-21-12-10-19(2)11-13-21/h5-16H,4,17-18H2,1-3H3,(H,29,32). The summed E-state index contributed by atoms with van der Waals surface area (Å²) in [5.74, 6) is -0.0265. The van der Waals surface area contributed by atoms with E-state index >= 15 is 0 Å². The molecule has 1 N–H and O–H groups in total. The number of carbonyl (C=O) groups is 1. The van der Waals surface area contributed by atoms with Crippen molar-refractivity contribution in [2.45, 2.75) is 39.0 Å². The van der Waals surface area contributed by atoms with Crippen LogP contribution < -0.4 is 10.2 Å². The van der Waals surface area contributed by atoms with E-state index < -0.39 is 15.7 Å². The fraction of sp³-hybridized carbons (Fsp3) is 0.222. The zero-order chi connectivity index (χ0) is 25.7. The molecule has 0 aliphatic rings. The van der Waals surface area contributed by atoms with E-state index in [0.717, 1.165) is 16.7 Å². The fourth-order valence-corrected chi connectivity index (χ4v) is 4.38. The van der Waals surface area contributed by atoms with E-state index in [1.165, 1.54) is 13.1 Å². The first-order valence-corrected chi connectivity index (χ1v) is 13.2. The number of aromatic nitrogens is 2. The molecule has 0 aliphatic carbocycles. The van der Waals surface area contributed by atoms with Gasteiger partial charge in [-0.05, 0) is 49.2 Å². The highest BCUT2D eigenvalue weighted by Gasteiger charge is 2.25. The lowest BCUT2D eigenvalue weighted by Gasteiger charge is -2.25. The topological polar surface area (TPSA) is 105 Å². The summed E-state index contributed by atoms with van der Waals surface area (Å²) < 4.78 is 30.7. The lowest BCUT2D eigenvalue weighted by molar-refractivity contribution is 0.102. The van der Waals surface area contributed by atoms with Crippen molar-refractivity contribution >= 4 is 27.1 Å². The highest BCUT2D eigenvalue weighted by molar-refractivity contribution is 7.91. The number of furan rings is 1. The Labute approximate surface area is 210 Å². The molecule has 2 heterocycles. The number of nitrogens with one attached hydrogen (secondary N) is 1. The molecular formula is C27H28N4O4S. The molecule has 0 bridgehead atoms. The molecule has 0 atom stereocenters. The average molecular weight is 505 g/mol. The van der Waals surface area contributed by atoms with Crippen LogP contribution in [0.15, 0.2) is 82.7 Å². The van der Waals surface area contributed by atoms with E-state index in [4.69, 9.17) is 4.42 Å². The fourth-order valence-electron chi connectivity index (χ4n) is 3.68. The molecule has 4 aromatic rings. The van der Waals surface area contributed by atoms with Crippen molar-refractivity contribution in [3.63, 3.8) is 0 Å². The van der Waals surface area contributed by atoms with Crippen molar-refractivity contribution in [2.24, 2.45) is 0 Å². The second-order valence-electron chi connectivity index (χ2n) is 8.53. The van der Waals surface area contributed by atoms with E-state index in [2.05, 4.69) is 15.3 Å². The Hall–Kier alpha value is -3.98. The summed E-state index contributed by atoms with van der Waals surface area (Å²) in [6.45, 7) is 6.20. The van der Waals surface area contributed by atoms with Gasteiger partial charge in [-0.25, -0.2) is 18.4 Å². The van der Waals surface area contributed by atoms with Crippen LogP contribution in [0.1, 0.15) is 39.9 Å². The molecule has 36 heavy (non-hydrogen) atoms. The van der Waals surface area contributed by atoms with Crippen LogP contribution in [0.2, 0.25) is 0 Å². The van der Waals surface area contributed by atoms with Crippen LogP contribution in [-0.2, 0) is 22.9 Å². The normalized spacial score (nSPS) is 11.3. The van der Waals surface area contributed by atoms with Crippen LogP contribution in [0, 0.1) is 13.8 Å². The Morgan fingerprint density at radius 3 is 2.44 bits per heavy atom. The Morgan fingerprint density at radius 2 is 1.78 bits per heavy atom. The van der Waals surface area contributed by atoms with E-state index in [1.54, 1.807) is 18.4 Å². The first kappa shape index (κ1) is 25.1. The molecule has 9 heteroatoms. The maximum Gasteiger partial charge on any atom is 0.276 e. The van der Waals surface area contributed by atoms with Gasteiger partial charge in [-0.2, -0.15) is 0 Å². The lowest BCUT2D eigenvalue weighted by Crippen LogP contribution is -2.27. The summed E-state index contributed by atoms with van der Waals surface area (Å²) in [7, 11) is -3.73. The van der Waals surface area contributed by atoms with Crippen molar-refractivity contribution in [3.05, 3.63) is 101 Å². The van der Waals surface area contributed by atoms with Gasteiger partial charge in [0, 0.05) is 12.2 Å². The third-order valence-corrected chi connectivity index (χ3v) is 7.17. The van der Waals surface area contributed by atoms with E-state index in [1.807, 2.05) is 67.3 Å². The van der Waals surface area contributed by atoms with Gasteiger partial charge in [-0.15, -0.1) is 0 Å². The monoisotopic (exact) mass is 504 g/mol. The first-order valence-electron chi connectivity index (χ1n) is 11.6. The van der Waals surface area contributed by atoms with E-state index in [9.17, 15) is 13.2 Å². The predicted molar refractivity (Wildman–Crippen MR) is 139 cm³/mol. The number of benzene rings is 2. The van der Waals surface area contributed by atoms with Crippen molar-refractivity contribution in [1.29, 1.82) is 0 Å².